The summed E-state index contributed by atoms with van der Waals surface area (Å²) < 4.78 is 11.3. The number of nitrogens with zero attached hydrogens (tertiary/aromatic N) is 1. The van der Waals surface area contributed by atoms with Gasteiger partial charge in [-0.3, -0.25) is 25.3 Å². The van der Waals surface area contributed by atoms with Crippen molar-refractivity contribution in [1.82, 2.24) is 15.8 Å². The molecule has 0 aromatic heterocycles. The first-order valence-electron chi connectivity index (χ1n) is 8.56. The van der Waals surface area contributed by atoms with Gasteiger partial charge in [0.1, 0.15) is 0 Å². The zero-order valence-corrected chi connectivity index (χ0v) is 14.3. The van der Waals surface area contributed by atoms with Crippen molar-refractivity contribution in [1.29, 1.82) is 0 Å². The Hall–Kier alpha value is -1.18. The van der Waals surface area contributed by atoms with Gasteiger partial charge in [0.2, 0.25) is 5.91 Å². The molecule has 2 amide bonds. The number of carbonyl (C=O) groups is 2. The minimum atomic E-state index is -0.340. The van der Waals surface area contributed by atoms with Gasteiger partial charge >= 0.3 is 0 Å². The van der Waals surface area contributed by atoms with Gasteiger partial charge in [0.25, 0.3) is 5.91 Å². The van der Waals surface area contributed by atoms with Crippen LogP contribution >= 0.6 is 0 Å². The Morgan fingerprint density at radius 1 is 1.13 bits per heavy atom. The van der Waals surface area contributed by atoms with Crippen LogP contribution in [0.15, 0.2) is 0 Å². The number of likely N-dealkylation sites (tertiary alicyclic amines) is 1. The van der Waals surface area contributed by atoms with Crippen LogP contribution in [0.5, 0.6) is 0 Å². The van der Waals surface area contributed by atoms with E-state index >= 15 is 0 Å². The second kappa shape index (κ2) is 8.61. The molecule has 0 aromatic carbocycles. The fraction of sp³-hybridized carbons (Fsp3) is 0.875. The average molecular weight is 327 g/mol. The van der Waals surface area contributed by atoms with Crippen molar-refractivity contribution in [3.05, 3.63) is 0 Å². The lowest BCUT2D eigenvalue weighted by Gasteiger charge is -2.40. The topological polar surface area (TPSA) is 79.9 Å². The fourth-order valence-corrected chi connectivity index (χ4v) is 3.16. The highest BCUT2D eigenvalue weighted by Gasteiger charge is 2.37. The lowest BCUT2D eigenvalue weighted by atomic mass is 9.99. The predicted octanol–water partition coefficient (Wildman–Crippen LogP) is 0.796. The van der Waals surface area contributed by atoms with Crippen LogP contribution in [0.1, 0.15) is 46.5 Å². The van der Waals surface area contributed by atoms with Crippen LogP contribution in [-0.2, 0) is 19.1 Å². The van der Waals surface area contributed by atoms with Gasteiger partial charge in [-0.15, -0.1) is 0 Å². The van der Waals surface area contributed by atoms with E-state index in [1.807, 2.05) is 20.8 Å². The number of carbonyl (C=O) groups excluding carboxylic acids is 2. The normalized spacial score (nSPS) is 24.6. The largest absolute Gasteiger partial charge is 0.349 e. The highest BCUT2D eigenvalue weighted by Crippen LogP contribution is 2.26. The maximum atomic E-state index is 12.3. The van der Waals surface area contributed by atoms with E-state index in [1.54, 1.807) is 0 Å². The van der Waals surface area contributed by atoms with Gasteiger partial charge in [-0.2, -0.15) is 0 Å². The first-order chi connectivity index (χ1) is 11.0. The molecule has 132 valence electrons. The van der Waals surface area contributed by atoms with Crippen molar-refractivity contribution in [2.24, 2.45) is 5.92 Å². The summed E-state index contributed by atoms with van der Waals surface area (Å²) in [6.07, 6.45) is 3.28. The van der Waals surface area contributed by atoms with Crippen molar-refractivity contribution in [3.63, 3.8) is 0 Å². The molecule has 0 spiro atoms. The molecule has 0 unspecified atom stereocenters. The average Bonchev–Trinajstić information content (AvgIpc) is 3.05. The number of nitrogens with one attached hydrogen (secondary N) is 2. The summed E-state index contributed by atoms with van der Waals surface area (Å²) >= 11 is 0. The van der Waals surface area contributed by atoms with Gasteiger partial charge in [0.05, 0.1) is 25.3 Å². The highest BCUT2D eigenvalue weighted by atomic mass is 16.7. The zero-order valence-electron chi connectivity index (χ0n) is 14.3. The van der Waals surface area contributed by atoms with Crippen LogP contribution in [0, 0.1) is 5.92 Å². The number of amides is 2. The van der Waals surface area contributed by atoms with Gasteiger partial charge in [0, 0.05) is 6.42 Å². The number of hydrogen-bond acceptors (Lipinski definition) is 5. The number of hydrogen-bond donors (Lipinski definition) is 2. The summed E-state index contributed by atoms with van der Waals surface area (Å²) in [4.78, 5) is 26.1. The standard InChI is InChI=1S/C16H29N3O4/c1-11(2)10-14(20)17-18-15(21)12(3)19-7-5-4-6-13(19)16-22-8-9-23-16/h11-13,16H,4-10H2,1-3H3,(H,17,20)(H,18,21)/t12-,13+/m0/s1. The summed E-state index contributed by atoms with van der Waals surface area (Å²) in [5.41, 5.74) is 5.02. The van der Waals surface area contributed by atoms with Crippen molar-refractivity contribution in [2.45, 2.75) is 64.8 Å². The Morgan fingerprint density at radius 3 is 2.48 bits per heavy atom. The molecule has 2 saturated heterocycles. The molecule has 2 N–H and O–H groups in total. The summed E-state index contributed by atoms with van der Waals surface area (Å²) in [6.45, 7) is 7.84. The smallest absolute Gasteiger partial charge is 0.255 e. The van der Waals surface area contributed by atoms with Crippen molar-refractivity contribution in [2.75, 3.05) is 19.8 Å². The van der Waals surface area contributed by atoms with Crippen molar-refractivity contribution >= 4 is 11.8 Å². The first kappa shape index (κ1) is 18.2. The van der Waals surface area contributed by atoms with Gasteiger partial charge in [-0.25, -0.2) is 0 Å². The molecule has 2 aliphatic heterocycles. The quantitative estimate of drug-likeness (QED) is 0.730. The molecule has 2 rings (SSSR count). The Morgan fingerprint density at radius 2 is 1.83 bits per heavy atom. The molecule has 7 nitrogen and oxygen atoms in total. The van der Waals surface area contributed by atoms with Crippen LogP contribution in [0.4, 0.5) is 0 Å². The first-order valence-corrected chi connectivity index (χ1v) is 8.56. The third-order valence-corrected chi connectivity index (χ3v) is 4.35. The minimum Gasteiger partial charge on any atom is -0.349 e. The van der Waals surface area contributed by atoms with Crippen LogP contribution in [0.2, 0.25) is 0 Å². The molecule has 2 heterocycles. The van der Waals surface area contributed by atoms with E-state index in [1.165, 1.54) is 0 Å². The summed E-state index contributed by atoms with van der Waals surface area (Å²) in [5.74, 6) is -0.113. The number of ether oxygens (including phenoxy) is 2. The van der Waals surface area contributed by atoms with Crippen LogP contribution in [-0.4, -0.2) is 54.8 Å². The molecule has 0 aliphatic carbocycles. The third kappa shape index (κ3) is 5.16. The molecule has 0 radical (unpaired) electrons. The number of rotatable bonds is 5. The molecular weight excluding hydrogens is 298 g/mol. The molecular formula is C16H29N3O4. The molecule has 0 bridgehead atoms. The second-order valence-corrected chi connectivity index (χ2v) is 6.72. The second-order valence-electron chi connectivity index (χ2n) is 6.72. The zero-order chi connectivity index (χ0) is 16.8. The molecule has 2 aliphatic rings. The van der Waals surface area contributed by atoms with E-state index in [2.05, 4.69) is 15.8 Å². The van der Waals surface area contributed by atoms with Crippen molar-refractivity contribution < 1.29 is 19.1 Å². The third-order valence-electron chi connectivity index (χ3n) is 4.35. The Kier molecular flexibility index (Phi) is 6.80. The van der Waals surface area contributed by atoms with E-state index in [-0.39, 0.29) is 36.1 Å². The fourth-order valence-electron chi connectivity index (χ4n) is 3.16. The Balaban J connectivity index is 1.87. The minimum absolute atomic E-state index is 0.0957. The Labute approximate surface area is 138 Å². The predicted molar refractivity (Wildman–Crippen MR) is 85.2 cm³/mol. The molecule has 2 atom stereocenters. The monoisotopic (exact) mass is 327 g/mol. The van der Waals surface area contributed by atoms with E-state index in [0.717, 1.165) is 25.8 Å². The van der Waals surface area contributed by atoms with Crippen LogP contribution in [0.25, 0.3) is 0 Å². The summed E-state index contributed by atoms with van der Waals surface area (Å²) in [7, 11) is 0. The molecule has 0 saturated carbocycles. The molecule has 7 heteroatoms. The Bertz CT molecular complexity index is 410. The maximum absolute atomic E-state index is 12.3. The number of piperidine rings is 1. The van der Waals surface area contributed by atoms with Gasteiger partial charge < -0.3 is 9.47 Å². The summed E-state index contributed by atoms with van der Waals surface area (Å²) in [5, 5.41) is 0. The molecule has 0 aromatic rings. The molecule has 23 heavy (non-hydrogen) atoms. The van der Waals surface area contributed by atoms with Crippen LogP contribution in [0.3, 0.4) is 0 Å². The SMILES string of the molecule is CC(C)CC(=O)NNC(=O)[C@H](C)N1CCCC[C@@H]1C1OCCO1. The molecule has 2 fully saturated rings. The lowest BCUT2D eigenvalue weighted by molar-refractivity contribution is -0.141. The van der Waals surface area contributed by atoms with Crippen LogP contribution < -0.4 is 10.9 Å². The summed E-state index contributed by atoms with van der Waals surface area (Å²) in [6, 6.07) is -0.245. The van der Waals surface area contributed by atoms with E-state index < -0.39 is 0 Å². The maximum Gasteiger partial charge on any atom is 0.255 e. The van der Waals surface area contributed by atoms with Gasteiger partial charge in [-0.1, -0.05) is 20.3 Å². The lowest BCUT2D eigenvalue weighted by Crippen LogP contribution is -2.57. The van der Waals surface area contributed by atoms with Gasteiger partial charge in [-0.05, 0) is 32.2 Å². The van der Waals surface area contributed by atoms with Gasteiger partial charge in [0.15, 0.2) is 6.29 Å². The van der Waals surface area contributed by atoms with Crippen molar-refractivity contribution in [3.8, 4) is 0 Å². The highest BCUT2D eigenvalue weighted by molar-refractivity contribution is 5.85. The van der Waals surface area contributed by atoms with E-state index in [4.69, 9.17) is 9.47 Å². The van der Waals surface area contributed by atoms with E-state index in [9.17, 15) is 9.59 Å². The number of hydrazine groups is 1. The van der Waals surface area contributed by atoms with E-state index in [0.29, 0.717) is 19.6 Å².